The van der Waals surface area contributed by atoms with Gasteiger partial charge in [0.2, 0.25) is 0 Å². The van der Waals surface area contributed by atoms with E-state index in [1.165, 1.54) is 6.07 Å². The minimum absolute atomic E-state index is 0.190. The van der Waals surface area contributed by atoms with Crippen LogP contribution in [0.3, 0.4) is 0 Å². The monoisotopic (exact) mass is 142 g/mol. The molecule has 9 heavy (non-hydrogen) atoms. The molecule has 0 aliphatic carbocycles. The highest BCUT2D eigenvalue weighted by Gasteiger charge is 1.95. The van der Waals surface area contributed by atoms with E-state index < -0.39 is 0 Å². The van der Waals surface area contributed by atoms with Crippen molar-refractivity contribution in [3.8, 4) is 0 Å². The number of halogens is 2. The average Bonchev–Trinajstić information content (AvgIpc) is 1.80. The van der Waals surface area contributed by atoms with E-state index in [0.29, 0.717) is 0 Å². The standard InChI is InChI=1S/C6H5BClF/c7-4-1-2-6(9)5(8)3-4/h1-3H,7H2. The molecule has 1 aromatic carbocycles. The Hall–Kier alpha value is -0.495. The molecule has 0 spiro atoms. The lowest BCUT2D eigenvalue weighted by Crippen LogP contribution is -2.00. The summed E-state index contributed by atoms with van der Waals surface area (Å²) in [6, 6.07) is 4.63. The molecule has 46 valence electrons. The lowest BCUT2D eigenvalue weighted by Gasteiger charge is -1.93. The number of hydrogen-bond donors (Lipinski definition) is 0. The van der Waals surface area contributed by atoms with Crippen molar-refractivity contribution in [2.45, 2.75) is 0 Å². The molecule has 0 saturated heterocycles. The molecule has 0 aromatic heterocycles. The first-order chi connectivity index (χ1) is 4.20. The normalized spacial score (nSPS) is 9.56. The van der Waals surface area contributed by atoms with Gasteiger partial charge in [-0.15, -0.1) is 0 Å². The number of hydrogen-bond acceptors (Lipinski definition) is 0. The zero-order chi connectivity index (χ0) is 6.85. The molecule has 0 atom stereocenters. The van der Waals surface area contributed by atoms with E-state index in [1.54, 1.807) is 12.1 Å². The van der Waals surface area contributed by atoms with E-state index in [1.807, 2.05) is 7.85 Å². The Kier molecular flexibility index (Phi) is 1.77. The Balaban J connectivity index is 3.17. The largest absolute Gasteiger partial charge is 0.205 e. The van der Waals surface area contributed by atoms with Gasteiger partial charge in [-0.3, -0.25) is 0 Å². The lowest BCUT2D eigenvalue weighted by molar-refractivity contribution is 0.628. The summed E-state index contributed by atoms with van der Waals surface area (Å²) >= 11 is 5.44. The van der Waals surface area contributed by atoms with Crippen LogP contribution in [0.25, 0.3) is 0 Å². The van der Waals surface area contributed by atoms with Crippen LogP contribution >= 0.6 is 11.6 Å². The minimum atomic E-state index is -0.359. The van der Waals surface area contributed by atoms with Crippen molar-refractivity contribution in [3.63, 3.8) is 0 Å². The first-order valence-corrected chi connectivity index (χ1v) is 2.99. The van der Waals surface area contributed by atoms with E-state index in [-0.39, 0.29) is 10.8 Å². The molecular weight excluding hydrogens is 137 g/mol. The van der Waals surface area contributed by atoms with Crippen LogP contribution in [0.1, 0.15) is 0 Å². The molecule has 0 fully saturated rings. The SMILES string of the molecule is Bc1ccc(F)c(Cl)c1. The molecule has 0 nitrogen and oxygen atoms in total. The summed E-state index contributed by atoms with van der Waals surface area (Å²) in [4.78, 5) is 0. The van der Waals surface area contributed by atoms with Crippen LogP contribution in [0, 0.1) is 5.82 Å². The van der Waals surface area contributed by atoms with Gasteiger partial charge >= 0.3 is 0 Å². The van der Waals surface area contributed by atoms with Gasteiger partial charge in [0, 0.05) is 0 Å². The van der Waals surface area contributed by atoms with Gasteiger partial charge in [0.05, 0.1) is 5.02 Å². The molecule has 0 aliphatic heterocycles. The zero-order valence-electron chi connectivity index (χ0n) is 4.99. The van der Waals surface area contributed by atoms with Crippen LogP contribution in [0.4, 0.5) is 4.39 Å². The van der Waals surface area contributed by atoms with Crippen LogP contribution in [0.15, 0.2) is 18.2 Å². The molecule has 0 heterocycles. The molecular formula is C6H5BClF. The predicted molar refractivity (Wildman–Crippen MR) is 39.6 cm³/mol. The molecule has 0 saturated carbocycles. The molecule has 1 aromatic rings. The second-order valence-electron chi connectivity index (χ2n) is 1.92. The third-order valence-electron chi connectivity index (χ3n) is 1.08. The fourth-order valence-electron chi connectivity index (χ4n) is 0.601. The van der Waals surface area contributed by atoms with Crippen LogP contribution in [0.5, 0.6) is 0 Å². The third-order valence-corrected chi connectivity index (χ3v) is 1.36. The Morgan fingerprint density at radius 1 is 1.44 bits per heavy atom. The van der Waals surface area contributed by atoms with Crippen molar-refractivity contribution in [1.82, 2.24) is 0 Å². The quantitative estimate of drug-likeness (QED) is 0.469. The highest BCUT2D eigenvalue weighted by Crippen LogP contribution is 2.09. The molecule has 3 heteroatoms. The number of rotatable bonds is 0. The maximum Gasteiger partial charge on any atom is 0.141 e. The second kappa shape index (κ2) is 2.40. The van der Waals surface area contributed by atoms with Crippen LogP contribution in [0.2, 0.25) is 5.02 Å². The van der Waals surface area contributed by atoms with E-state index in [9.17, 15) is 4.39 Å². The third kappa shape index (κ3) is 1.45. The van der Waals surface area contributed by atoms with Crippen molar-refractivity contribution in [2.24, 2.45) is 0 Å². The van der Waals surface area contributed by atoms with E-state index in [0.717, 1.165) is 5.46 Å². The van der Waals surface area contributed by atoms with Crippen molar-refractivity contribution >= 4 is 24.9 Å². The van der Waals surface area contributed by atoms with Gasteiger partial charge in [0.15, 0.2) is 0 Å². The highest BCUT2D eigenvalue weighted by atomic mass is 35.5. The van der Waals surface area contributed by atoms with Crippen LogP contribution < -0.4 is 5.46 Å². The van der Waals surface area contributed by atoms with Crippen molar-refractivity contribution in [1.29, 1.82) is 0 Å². The lowest BCUT2D eigenvalue weighted by atomic mass is 9.97. The molecule has 0 aliphatic rings. The molecule has 1 rings (SSSR count). The van der Waals surface area contributed by atoms with Crippen molar-refractivity contribution in [2.75, 3.05) is 0 Å². The summed E-state index contributed by atoms with van der Waals surface area (Å²) in [5, 5.41) is 0.190. The van der Waals surface area contributed by atoms with Gasteiger partial charge in [0.1, 0.15) is 13.7 Å². The second-order valence-corrected chi connectivity index (χ2v) is 2.32. The fourth-order valence-corrected chi connectivity index (χ4v) is 0.836. The minimum Gasteiger partial charge on any atom is -0.205 e. The van der Waals surface area contributed by atoms with Gasteiger partial charge in [-0.25, -0.2) is 4.39 Å². The first kappa shape index (κ1) is 6.62. The van der Waals surface area contributed by atoms with Gasteiger partial charge in [-0.2, -0.15) is 0 Å². The summed E-state index contributed by atoms with van der Waals surface area (Å²) in [6.07, 6.45) is 0. The summed E-state index contributed by atoms with van der Waals surface area (Å²) in [7, 11) is 1.87. The maximum absolute atomic E-state index is 12.4. The molecule has 0 N–H and O–H groups in total. The molecule has 0 unspecified atom stereocenters. The van der Waals surface area contributed by atoms with Crippen LogP contribution in [-0.2, 0) is 0 Å². The molecule has 0 radical (unpaired) electrons. The van der Waals surface area contributed by atoms with E-state index >= 15 is 0 Å². The van der Waals surface area contributed by atoms with Crippen molar-refractivity contribution < 1.29 is 4.39 Å². The summed E-state index contributed by atoms with van der Waals surface area (Å²) < 4.78 is 12.4. The number of benzene rings is 1. The summed E-state index contributed by atoms with van der Waals surface area (Å²) in [6.45, 7) is 0. The molecule has 0 amide bonds. The highest BCUT2D eigenvalue weighted by molar-refractivity contribution is 6.36. The Morgan fingerprint density at radius 3 is 2.56 bits per heavy atom. The Labute approximate surface area is 59.1 Å². The first-order valence-electron chi connectivity index (χ1n) is 2.62. The smallest absolute Gasteiger partial charge is 0.141 e. The zero-order valence-corrected chi connectivity index (χ0v) is 5.74. The van der Waals surface area contributed by atoms with Gasteiger partial charge < -0.3 is 0 Å². The fraction of sp³-hybridized carbons (Fsp3) is 0. The Bertz CT molecular complexity index is 224. The Morgan fingerprint density at radius 2 is 2.11 bits per heavy atom. The van der Waals surface area contributed by atoms with Gasteiger partial charge in [0.25, 0.3) is 0 Å². The predicted octanol–water partition coefficient (Wildman–Crippen LogP) is 0.738. The summed E-state index contributed by atoms with van der Waals surface area (Å²) in [5.41, 5.74) is 0.974. The van der Waals surface area contributed by atoms with Gasteiger partial charge in [-0.1, -0.05) is 23.1 Å². The van der Waals surface area contributed by atoms with Gasteiger partial charge in [-0.05, 0) is 12.1 Å². The van der Waals surface area contributed by atoms with Crippen molar-refractivity contribution in [3.05, 3.63) is 29.0 Å². The average molecular weight is 142 g/mol. The topological polar surface area (TPSA) is 0 Å². The van der Waals surface area contributed by atoms with Crippen LogP contribution in [-0.4, -0.2) is 7.85 Å². The van der Waals surface area contributed by atoms with E-state index in [2.05, 4.69) is 0 Å². The maximum atomic E-state index is 12.4. The summed E-state index contributed by atoms with van der Waals surface area (Å²) in [5.74, 6) is -0.359. The molecule has 0 bridgehead atoms. The van der Waals surface area contributed by atoms with E-state index in [4.69, 9.17) is 11.6 Å².